The number of hydrogen-bond donors (Lipinski definition) is 1. The molecule has 0 bridgehead atoms. The Morgan fingerprint density at radius 2 is 1.31 bits per heavy atom. The lowest BCUT2D eigenvalue weighted by Gasteiger charge is -2.46. The van der Waals surface area contributed by atoms with Crippen molar-refractivity contribution in [2.45, 2.75) is 23.9 Å². The fourth-order valence-electron chi connectivity index (χ4n) is 4.35. The van der Waals surface area contributed by atoms with Crippen molar-refractivity contribution in [1.82, 2.24) is 14.5 Å². The summed E-state index contributed by atoms with van der Waals surface area (Å²) in [6.07, 6.45) is 0. The summed E-state index contributed by atoms with van der Waals surface area (Å²) in [5.41, 5.74) is 2.00. The van der Waals surface area contributed by atoms with Crippen LogP contribution < -0.4 is 4.72 Å². The topological polar surface area (TPSA) is 52.7 Å². The number of hydrogen-bond acceptors (Lipinski definition) is 4. The molecule has 3 aromatic rings. The van der Waals surface area contributed by atoms with Crippen LogP contribution in [-0.2, 0) is 22.1 Å². The van der Waals surface area contributed by atoms with Crippen molar-refractivity contribution >= 4 is 10.0 Å². The maximum Gasteiger partial charge on any atom is 0.240 e. The van der Waals surface area contributed by atoms with E-state index in [0.29, 0.717) is 11.4 Å². The molecule has 1 aliphatic heterocycles. The number of nitrogens with one attached hydrogen (secondary N) is 1. The summed E-state index contributed by atoms with van der Waals surface area (Å²) in [4.78, 5) is 5.17. The minimum absolute atomic E-state index is 0.295. The van der Waals surface area contributed by atoms with Gasteiger partial charge in [-0.3, -0.25) is 9.80 Å². The smallest absolute Gasteiger partial charge is 0.240 e. The number of piperazine rings is 1. The lowest BCUT2D eigenvalue weighted by molar-refractivity contribution is 0.0397. The van der Waals surface area contributed by atoms with Crippen LogP contribution in [0.5, 0.6) is 0 Å². The van der Waals surface area contributed by atoms with Gasteiger partial charge in [0.25, 0.3) is 0 Å². The zero-order chi connectivity index (χ0) is 22.4. The van der Waals surface area contributed by atoms with E-state index in [1.165, 1.54) is 5.56 Å². The molecule has 1 N–H and O–H groups in total. The first-order valence-corrected chi connectivity index (χ1v) is 12.6. The molecule has 1 heterocycles. The summed E-state index contributed by atoms with van der Waals surface area (Å²) < 4.78 is 28.7. The molecule has 168 valence electrons. The van der Waals surface area contributed by atoms with Crippen molar-refractivity contribution in [2.24, 2.45) is 0 Å². The van der Waals surface area contributed by atoms with Crippen LogP contribution in [0, 0.1) is 0 Å². The number of rotatable bonds is 8. The van der Waals surface area contributed by atoms with Gasteiger partial charge in [0.2, 0.25) is 10.0 Å². The average molecular weight is 450 g/mol. The fourth-order valence-corrected chi connectivity index (χ4v) is 5.51. The van der Waals surface area contributed by atoms with Crippen LogP contribution in [0.25, 0.3) is 0 Å². The predicted molar refractivity (Wildman–Crippen MR) is 129 cm³/mol. The predicted octanol–water partition coefficient (Wildman–Crippen LogP) is 3.70. The van der Waals surface area contributed by atoms with Crippen LogP contribution >= 0.6 is 0 Å². The lowest BCUT2D eigenvalue weighted by atomic mass is 9.89. The first kappa shape index (κ1) is 22.7. The molecular formula is C26H31N3O2S. The van der Waals surface area contributed by atoms with E-state index in [2.05, 4.69) is 57.8 Å². The lowest BCUT2D eigenvalue weighted by Crippen LogP contribution is -2.57. The maximum absolute atomic E-state index is 12.9. The third-order valence-corrected chi connectivity index (χ3v) is 7.79. The van der Waals surface area contributed by atoms with E-state index in [9.17, 15) is 8.42 Å². The van der Waals surface area contributed by atoms with Crippen molar-refractivity contribution in [2.75, 3.05) is 32.7 Å². The SMILES string of the molecule is CC(CNS(=O)(=O)c1ccccc1)(c1ccccc1)N1CCN(Cc2ccccc2)CC1. The van der Waals surface area contributed by atoms with Gasteiger partial charge in [-0.25, -0.2) is 13.1 Å². The Morgan fingerprint density at radius 1 is 0.781 bits per heavy atom. The van der Waals surface area contributed by atoms with E-state index in [0.717, 1.165) is 38.3 Å². The molecule has 1 saturated heterocycles. The molecule has 5 nitrogen and oxygen atoms in total. The molecule has 0 spiro atoms. The molecule has 1 atom stereocenters. The average Bonchev–Trinajstić information content (AvgIpc) is 2.85. The highest BCUT2D eigenvalue weighted by Gasteiger charge is 2.36. The summed E-state index contributed by atoms with van der Waals surface area (Å²) in [5.74, 6) is 0. The first-order chi connectivity index (χ1) is 15.5. The molecule has 3 aromatic carbocycles. The normalized spacial score (nSPS) is 17.7. The van der Waals surface area contributed by atoms with Crippen LogP contribution in [0.1, 0.15) is 18.1 Å². The van der Waals surface area contributed by atoms with Gasteiger partial charge >= 0.3 is 0 Å². The van der Waals surface area contributed by atoms with Gasteiger partial charge in [-0.15, -0.1) is 0 Å². The van der Waals surface area contributed by atoms with Crippen molar-refractivity contribution in [3.8, 4) is 0 Å². The van der Waals surface area contributed by atoms with Crippen LogP contribution in [0.3, 0.4) is 0 Å². The molecule has 32 heavy (non-hydrogen) atoms. The third kappa shape index (κ3) is 5.27. The quantitative estimate of drug-likeness (QED) is 0.570. The molecule has 1 unspecified atom stereocenters. The standard InChI is InChI=1S/C26H31N3O2S/c1-26(24-13-7-3-8-14-24,22-27-32(30,31)25-15-9-4-10-16-25)29-19-17-28(18-20-29)21-23-11-5-2-6-12-23/h2-16,27H,17-22H2,1H3. The van der Waals surface area contributed by atoms with Gasteiger partial charge in [0.15, 0.2) is 0 Å². The molecule has 0 saturated carbocycles. The minimum Gasteiger partial charge on any atom is -0.297 e. The molecule has 0 aliphatic carbocycles. The van der Waals surface area contributed by atoms with Crippen LogP contribution in [-0.4, -0.2) is 50.9 Å². The molecule has 0 radical (unpaired) electrons. The number of benzene rings is 3. The van der Waals surface area contributed by atoms with Crippen LogP contribution in [0.4, 0.5) is 0 Å². The molecule has 6 heteroatoms. The van der Waals surface area contributed by atoms with Crippen molar-refractivity contribution in [1.29, 1.82) is 0 Å². The Hall–Kier alpha value is -2.51. The second-order valence-corrected chi connectivity index (χ2v) is 10.3. The summed E-state index contributed by atoms with van der Waals surface area (Å²) in [7, 11) is -3.58. The summed E-state index contributed by atoms with van der Waals surface area (Å²) in [6.45, 7) is 7.05. The number of sulfonamides is 1. The minimum atomic E-state index is -3.58. The van der Waals surface area contributed by atoms with E-state index in [4.69, 9.17) is 0 Å². The van der Waals surface area contributed by atoms with Gasteiger partial charge < -0.3 is 0 Å². The summed E-state index contributed by atoms with van der Waals surface area (Å²) in [5, 5.41) is 0. The largest absolute Gasteiger partial charge is 0.297 e. The van der Waals surface area contributed by atoms with Crippen molar-refractivity contribution < 1.29 is 8.42 Å². The highest BCUT2D eigenvalue weighted by molar-refractivity contribution is 7.89. The van der Waals surface area contributed by atoms with Crippen LogP contribution in [0.2, 0.25) is 0 Å². The second kappa shape index (κ2) is 9.96. The maximum atomic E-state index is 12.9. The molecule has 0 aromatic heterocycles. The zero-order valence-corrected chi connectivity index (χ0v) is 19.3. The van der Waals surface area contributed by atoms with E-state index in [1.54, 1.807) is 24.3 Å². The highest BCUT2D eigenvalue weighted by atomic mass is 32.2. The zero-order valence-electron chi connectivity index (χ0n) is 18.5. The van der Waals surface area contributed by atoms with Gasteiger partial charge in [0.05, 0.1) is 10.4 Å². The van der Waals surface area contributed by atoms with Crippen molar-refractivity contribution in [3.05, 3.63) is 102 Å². The Kier molecular flexibility index (Phi) is 7.06. The second-order valence-electron chi connectivity index (χ2n) is 8.53. The van der Waals surface area contributed by atoms with Crippen LogP contribution in [0.15, 0.2) is 95.9 Å². The van der Waals surface area contributed by atoms with E-state index >= 15 is 0 Å². The highest BCUT2D eigenvalue weighted by Crippen LogP contribution is 2.29. The van der Waals surface area contributed by atoms with Gasteiger partial charge in [0.1, 0.15) is 0 Å². The van der Waals surface area contributed by atoms with Gasteiger partial charge in [0, 0.05) is 39.3 Å². The van der Waals surface area contributed by atoms with Crippen molar-refractivity contribution in [3.63, 3.8) is 0 Å². The van der Waals surface area contributed by atoms with Gasteiger partial charge in [-0.1, -0.05) is 78.9 Å². The van der Waals surface area contributed by atoms with Gasteiger partial charge in [-0.2, -0.15) is 0 Å². The Morgan fingerprint density at radius 3 is 1.91 bits per heavy atom. The van der Waals surface area contributed by atoms with E-state index in [-0.39, 0.29) is 0 Å². The Balaban J connectivity index is 1.49. The monoisotopic (exact) mass is 449 g/mol. The number of nitrogens with zero attached hydrogens (tertiary/aromatic N) is 2. The molecule has 0 amide bonds. The summed E-state index contributed by atoms with van der Waals surface area (Å²) in [6, 6.07) is 29.3. The fraction of sp³-hybridized carbons (Fsp3) is 0.308. The molecule has 4 rings (SSSR count). The Bertz CT molecular complexity index is 1080. The Labute approximate surface area is 191 Å². The molecule has 1 fully saturated rings. The third-order valence-electron chi connectivity index (χ3n) is 6.37. The summed E-state index contributed by atoms with van der Waals surface area (Å²) >= 11 is 0. The molecule has 1 aliphatic rings. The van der Waals surface area contributed by atoms with Gasteiger partial charge in [-0.05, 0) is 30.2 Å². The molecular weight excluding hydrogens is 418 g/mol. The van der Waals surface area contributed by atoms with E-state index in [1.807, 2.05) is 30.3 Å². The first-order valence-electron chi connectivity index (χ1n) is 11.1. The van der Waals surface area contributed by atoms with E-state index < -0.39 is 15.6 Å².